The van der Waals surface area contributed by atoms with Crippen LogP contribution in [-0.4, -0.2) is 30.0 Å². The third kappa shape index (κ3) is 2.94. The van der Waals surface area contributed by atoms with Crippen molar-refractivity contribution in [3.8, 4) is 10.4 Å². The Morgan fingerprint density at radius 2 is 1.79 bits per heavy atom. The van der Waals surface area contributed by atoms with E-state index in [1.165, 1.54) is 6.07 Å². The van der Waals surface area contributed by atoms with Gasteiger partial charge in [-0.3, -0.25) is 9.78 Å². The molecule has 28 heavy (non-hydrogen) atoms. The van der Waals surface area contributed by atoms with E-state index in [9.17, 15) is 18.3 Å². The number of sulfonamides is 1. The number of thiophene rings is 1. The van der Waals surface area contributed by atoms with Gasteiger partial charge in [-0.2, -0.15) is 4.72 Å². The Balaban J connectivity index is 1.66. The first-order valence-corrected chi connectivity index (χ1v) is 10.9. The minimum atomic E-state index is -3.99. The zero-order valence-corrected chi connectivity index (χ0v) is 16.6. The van der Waals surface area contributed by atoms with E-state index in [-0.39, 0.29) is 10.6 Å². The lowest BCUT2D eigenvalue weighted by atomic mass is 9.93. The molecule has 1 saturated carbocycles. The van der Waals surface area contributed by atoms with Crippen molar-refractivity contribution in [2.45, 2.75) is 28.5 Å². The van der Waals surface area contributed by atoms with E-state index in [4.69, 9.17) is 0 Å². The summed E-state index contributed by atoms with van der Waals surface area (Å²) in [6.07, 6.45) is 3.47. The molecule has 2 N–H and O–H groups in total. The molecule has 144 valence electrons. The summed E-state index contributed by atoms with van der Waals surface area (Å²) in [4.78, 5) is 16.8. The Kier molecular flexibility index (Phi) is 4.37. The van der Waals surface area contributed by atoms with Gasteiger partial charge >= 0.3 is 5.97 Å². The number of nitrogens with one attached hydrogen (secondary N) is 1. The quantitative estimate of drug-likeness (QED) is 0.645. The zero-order chi connectivity index (χ0) is 20.0. The van der Waals surface area contributed by atoms with Crippen LogP contribution in [0.5, 0.6) is 0 Å². The van der Waals surface area contributed by atoms with Crippen LogP contribution in [0, 0.1) is 0 Å². The Morgan fingerprint density at radius 3 is 2.43 bits per heavy atom. The summed E-state index contributed by atoms with van der Waals surface area (Å²) in [6, 6.07) is 15.9. The van der Waals surface area contributed by atoms with E-state index in [0.717, 1.165) is 27.3 Å². The Hall–Kier alpha value is -2.55. The van der Waals surface area contributed by atoms with Gasteiger partial charge in [-0.1, -0.05) is 37.3 Å². The zero-order valence-electron chi connectivity index (χ0n) is 15.0. The molecule has 1 fully saturated rings. The Bertz CT molecular complexity index is 1130. The highest BCUT2D eigenvalue weighted by Crippen LogP contribution is 2.58. The number of rotatable bonds is 6. The highest BCUT2D eigenvalue weighted by Gasteiger charge is 2.72. The van der Waals surface area contributed by atoms with Crippen molar-refractivity contribution < 1.29 is 18.3 Å². The highest BCUT2D eigenvalue weighted by molar-refractivity contribution is 7.91. The molecule has 2 atom stereocenters. The minimum Gasteiger partial charge on any atom is -0.480 e. The molecular weight excluding hydrogens is 396 g/mol. The molecule has 2 aromatic heterocycles. The number of aliphatic carboxylic acids is 1. The molecule has 0 radical (unpaired) electrons. The number of carbonyl (C=O) groups is 1. The lowest BCUT2D eigenvalue weighted by molar-refractivity contribution is -0.140. The van der Waals surface area contributed by atoms with Gasteiger partial charge in [0.1, 0.15) is 9.75 Å². The van der Waals surface area contributed by atoms with Crippen LogP contribution in [0.2, 0.25) is 0 Å². The Morgan fingerprint density at radius 1 is 1.11 bits per heavy atom. The maximum Gasteiger partial charge on any atom is 0.325 e. The number of hydrogen-bond donors (Lipinski definition) is 2. The number of pyridine rings is 1. The average molecular weight is 415 g/mol. The molecule has 6 nitrogen and oxygen atoms in total. The first-order chi connectivity index (χ1) is 13.3. The lowest BCUT2D eigenvalue weighted by Gasteiger charge is -2.20. The maximum absolute atomic E-state index is 13.0. The van der Waals surface area contributed by atoms with Crippen molar-refractivity contribution in [3.63, 3.8) is 0 Å². The molecule has 0 aliphatic heterocycles. The summed E-state index contributed by atoms with van der Waals surface area (Å²) < 4.78 is 28.5. The molecule has 4 rings (SSSR count). The molecular formula is C20H18N2O4S2. The predicted molar refractivity (Wildman–Crippen MR) is 107 cm³/mol. The van der Waals surface area contributed by atoms with Crippen molar-refractivity contribution in [1.29, 1.82) is 0 Å². The molecule has 1 aromatic carbocycles. The minimum absolute atomic E-state index is 0.0854. The standard InChI is InChI=1S/C20H18N2O4S2/c1-19(15-5-3-2-4-6-15)13-20(19,18(23)24)22-28(25,26)17-8-7-16(27-17)14-9-11-21-12-10-14/h2-12,22H,13H2,1H3,(H,23,24)/t19?,20-/m1/s1. The third-order valence-electron chi connectivity index (χ3n) is 5.33. The fraction of sp³-hybridized carbons (Fsp3) is 0.200. The van der Waals surface area contributed by atoms with Gasteiger partial charge in [0.15, 0.2) is 0 Å². The number of nitrogens with zero attached hydrogens (tertiary/aromatic N) is 1. The van der Waals surface area contributed by atoms with Crippen LogP contribution in [0.4, 0.5) is 0 Å². The molecule has 1 aliphatic carbocycles. The van der Waals surface area contributed by atoms with Gasteiger partial charge in [0.05, 0.1) is 0 Å². The van der Waals surface area contributed by atoms with Gasteiger partial charge in [-0.05, 0) is 41.8 Å². The van der Waals surface area contributed by atoms with E-state index in [1.54, 1.807) is 37.5 Å². The first-order valence-electron chi connectivity index (χ1n) is 8.62. The first kappa shape index (κ1) is 18.8. The van der Waals surface area contributed by atoms with E-state index >= 15 is 0 Å². The number of hydrogen-bond acceptors (Lipinski definition) is 5. The Labute approximate surface area is 166 Å². The second-order valence-electron chi connectivity index (χ2n) is 7.05. The van der Waals surface area contributed by atoms with Crippen LogP contribution in [0.25, 0.3) is 10.4 Å². The molecule has 1 aliphatic rings. The van der Waals surface area contributed by atoms with E-state index in [0.29, 0.717) is 0 Å². The molecule has 0 bridgehead atoms. The van der Waals surface area contributed by atoms with Gasteiger partial charge in [-0.15, -0.1) is 11.3 Å². The van der Waals surface area contributed by atoms with Crippen molar-refractivity contribution in [2.75, 3.05) is 0 Å². The smallest absolute Gasteiger partial charge is 0.325 e. The predicted octanol–water partition coefficient (Wildman–Crippen LogP) is 3.27. The van der Waals surface area contributed by atoms with Gasteiger partial charge < -0.3 is 5.11 Å². The average Bonchev–Trinajstić information content (AvgIpc) is 3.06. The van der Waals surface area contributed by atoms with Crippen molar-refractivity contribution in [3.05, 3.63) is 72.6 Å². The fourth-order valence-electron chi connectivity index (χ4n) is 3.56. The summed E-state index contributed by atoms with van der Waals surface area (Å²) in [7, 11) is -3.99. The summed E-state index contributed by atoms with van der Waals surface area (Å²) >= 11 is 1.10. The van der Waals surface area contributed by atoms with Crippen LogP contribution in [0.3, 0.4) is 0 Å². The maximum atomic E-state index is 13.0. The van der Waals surface area contributed by atoms with Crippen molar-refractivity contribution in [2.24, 2.45) is 0 Å². The molecule has 1 unspecified atom stereocenters. The molecule has 0 spiro atoms. The number of aromatic nitrogens is 1. The second kappa shape index (κ2) is 6.51. The molecule has 2 heterocycles. The topological polar surface area (TPSA) is 96.4 Å². The van der Waals surface area contributed by atoms with E-state index in [1.807, 2.05) is 30.3 Å². The fourth-order valence-corrected chi connectivity index (χ4v) is 6.33. The second-order valence-corrected chi connectivity index (χ2v) is 10.0. The monoisotopic (exact) mass is 414 g/mol. The van der Waals surface area contributed by atoms with Gasteiger partial charge in [0.2, 0.25) is 0 Å². The van der Waals surface area contributed by atoms with Gasteiger partial charge in [0, 0.05) is 22.7 Å². The largest absolute Gasteiger partial charge is 0.480 e. The van der Waals surface area contributed by atoms with Crippen LogP contribution < -0.4 is 4.72 Å². The number of benzene rings is 1. The molecule has 0 amide bonds. The molecule has 0 saturated heterocycles. The SMILES string of the molecule is CC1(c2ccccc2)C[C@@]1(NS(=O)(=O)c1ccc(-c2ccncc2)s1)C(=O)O. The van der Waals surface area contributed by atoms with Crippen LogP contribution in [0.1, 0.15) is 18.9 Å². The third-order valence-corrected chi connectivity index (χ3v) is 8.45. The molecule has 3 aromatic rings. The number of carboxylic acid groups (broad SMARTS) is 1. The van der Waals surface area contributed by atoms with Crippen LogP contribution in [-0.2, 0) is 20.2 Å². The number of carboxylic acids is 1. The van der Waals surface area contributed by atoms with Crippen molar-refractivity contribution in [1.82, 2.24) is 9.71 Å². The summed E-state index contributed by atoms with van der Waals surface area (Å²) in [5, 5.41) is 9.86. The summed E-state index contributed by atoms with van der Waals surface area (Å²) in [6.45, 7) is 1.77. The van der Waals surface area contributed by atoms with E-state index < -0.39 is 26.9 Å². The summed E-state index contributed by atoms with van der Waals surface area (Å²) in [5.41, 5.74) is -0.717. The van der Waals surface area contributed by atoms with Crippen LogP contribution >= 0.6 is 11.3 Å². The normalized spacial score (nSPS) is 24.0. The van der Waals surface area contributed by atoms with Gasteiger partial charge in [0.25, 0.3) is 10.0 Å². The highest BCUT2D eigenvalue weighted by atomic mass is 32.2. The van der Waals surface area contributed by atoms with Crippen molar-refractivity contribution >= 4 is 27.3 Å². The van der Waals surface area contributed by atoms with Gasteiger partial charge in [-0.25, -0.2) is 8.42 Å². The van der Waals surface area contributed by atoms with E-state index in [2.05, 4.69) is 9.71 Å². The lowest BCUT2D eigenvalue weighted by Crippen LogP contribution is -2.47. The van der Waals surface area contributed by atoms with Crippen LogP contribution in [0.15, 0.2) is 71.2 Å². The molecule has 8 heteroatoms. The summed E-state index contributed by atoms with van der Waals surface area (Å²) in [5.74, 6) is -1.17.